The van der Waals surface area contributed by atoms with Gasteiger partial charge < -0.3 is 9.42 Å². The number of carbonyl (C=O) groups excluding carboxylic acids is 1. The molecule has 0 atom stereocenters. The number of carbonyl (C=O) groups is 1. The number of nitrogens with zero attached hydrogens (tertiary/aromatic N) is 3. The van der Waals surface area contributed by atoms with Gasteiger partial charge >= 0.3 is 0 Å². The highest BCUT2D eigenvalue weighted by atomic mass is 32.1. The Bertz CT molecular complexity index is 534. The quantitative estimate of drug-likeness (QED) is 0.844. The van der Waals surface area contributed by atoms with Crippen LogP contribution >= 0.6 is 11.3 Å². The van der Waals surface area contributed by atoms with Crippen LogP contribution in [-0.4, -0.2) is 27.0 Å². The Balaban J connectivity index is 2.12. The number of amides is 1. The van der Waals surface area contributed by atoms with E-state index < -0.39 is 0 Å². The Labute approximate surface area is 116 Å². The van der Waals surface area contributed by atoms with E-state index >= 15 is 0 Å². The molecule has 5 nitrogen and oxygen atoms in total. The van der Waals surface area contributed by atoms with E-state index in [-0.39, 0.29) is 11.9 Å². The van der Waals surface area contributed by atoms with Gasteiger partial charge in [-0.1, -0.05) is 18.1 Å². The van der Waals surface area contributed by atoms with Crippen molar-refractivity contribution in [3.05, 3.63) is 23.4 Å². The molecule has 6 heteroatoms. The predicted octanol–water partition coefficient (Wildman–Crippen LogP) is 2.95. The zero-order chi connectivity index (χ0) is 13.8. The fourth-order valence-corrected chi connectivity index (χ4v) is 2.38. The minimum Gasteiger partial charge on any atom is -0.337 e. The van der Waals surface area contributed by atoms with Gasteiger partial charge in [0.15, 0.2) is 0 Å². The molecule has 0 aliphatic rings. The lowest BCUT2D eigenvalue weighted by Crippen LogP contribution is -2.35. The summed E-state index contributed by atoms with van der Waals surface area (Å²) in [5, 5.41) is 5.91. The van der Waals surface area contributed by atoms with Crippen molar-refractivity contribution >= 4 is 17.2 Å². The van der Waals surface area contributed by atoms with Gasteiger partial charge in [-0.2, -0.15) is 4.98 Å². The fraction of sp³-hybridized carbons (Fsp3) is 0.462. The van der Waals surface area contributed by atoms with Gasteiger partial charge in [-0.25, -0.2) is 0 Å². The molecule has 0 N–H and O–H groups in total. The zero-order valence-corrected chi connectivity index (χ0v) is 12.1. The third-order valence-electron chi connectivity index (χ3n) is 2.76. The maximum atomic E-state index is 11.8. The molecular formula is C13H17N3O2S. The Hall–Kier alpha value is -1.69. The van der Waals surface area contributed by atoms with Crippen molar-refractivity contribution in [2.75, 3.05) is 0 Å². The smallest absolute Gasteiger partial charge is 0.246 e. The number of hydrogen-bond donors (Lipinski definition) is 0. The molecule has 0 aliphatic carbocycles. The molecule has 19 heavy (non-hydrogen) atoms. The van der Waals surface area contributed by atoms with Crippen molar-refractivity contribution in [1.29, 1.82) is 0 Å². The van der Waals surface area contributed by atoms with Crippen molar-refractivity contribution < 1.29 is 9.32 Å². The monoisotopic (exact) mass is 279 g/mol. The van der Waals surface area contributed by atoms with Gasteiger partial charge in [0.1, 0.15) is 6.54 Å². The second kappa shape index (κ2) is 5.97. The van der Waals surface area contributed by atoms with Crippen molar-refractivity contribution in [1.82, 2.24) is 15.0 Å². The van der Waals surface area contributed by atoms with Crippen molar-refractivity contribution in [2.45, 2.75) is 39.8 Å². The lowest BCUT2D eigenvalue weighted by atomic mass is 10.3. The van der Waals surface area contributed by atoms with E-state index in [1.807, 2.05) is 38.3 Å². The molecule has 2 aromatic rings. The largest absolute Gasteiger partial charge is 0.337 e. The molecule has 0 saturated carbocycles. The van der Waals surface area contributed by atoms with Crippen LogP contribution < -0.4 is 0 Å². The molecule has 2 heterocycles. The molecule has 0 bridgehead atoms. The second-order valence-electron chi connectivity index (χ2n) is 4.46. The van der Waals surface area contributed by atoms with Crippen molar-refractivity contribution in [3.8, 4) is 10.7 Å². The first-order valence-electron chi connectivity index (χ1n) is 6.27. The fourth-order valence-electron chi connectivity index (χ4n) is 1.73. The van der Waals surface area contributed by atoms with E-state index in [1.54, 1.807) is 16.2 Å². The normalized spacial score (nSPS) is 10.9. The SMILES string of the molecule is CCC(=O)N(Cc1nc(-c2cccs2)no1)C(C)C. The summed E-state index contributed by atoms with van der Waals surface area (Å²) in [5.41, 5.74) is 0. The Kier molecular flexibility index (Phi) is 4.31. The topological polar surface area (TPSA) is 59.2 Å². The standard InChI is InChI=1S/C13H17N3O2S/c1-4-12(17)16(9(2)3)8-11-14-13(15-18-11)10-6-5-7-19-10/h5-7,9H,4,8H2,1-3H3. The van der Waals surface area contributed by atoms with Crippen molar-refractivity contribution in [2.24, 2.45) is 0 Å². The van der Waals surface area contributed by atoms with Gasteiger partial charge in [-0.15, -0.1) is 11.3 Å². The van der Waals surface area contributed by atoms with E-state index in [0.717, 1.165) is 4.88 Å². The average molecular weight is 279 g/mol. The highest BCUT2D eigenvalue weighted by molar-refractivity contribution is 7.13. The van der Waals surface area contributed by atoms with E-state index in [9.17, 15) is 4.79 Å². The summed E-state index contributed by atoms with van der Waals surface area (Å²) in [6.07, 6.45) is 0.476. The molecule has 0 radical (unpaired) electrons. The van der Waals surface area contributed by atoms with Gasteiger partial charge in [0.25, 0.3) is 0 Å². The molecule has 2 aromatic heterocycles. The van der Waals surface area contributed by atoms with Gasteiger partial charge in [-0.3, -0.25) is 4.79 Å². The molecule has 0 spiro atoms. The summed E-state index contributed by atoms with van der Waals surface area (Å²) in [4.78, 5) is 18.9. The predicted molar refractivity (Wildman–Crippen MR) is 73.6 cm³/mol. The van der Waals surface area contributed by atoms with Crippen LogP contribution in [0.5, 0.6) is 0 Å². The van der Waals surface area contributed by atoms with Crippen LogP contribution in [0.2, 0.25) is 0 Å². The molecule has 1 amide bonds. The average Bonchev–Trinajstić information content (AvgIpc) is 3.05. The number of thiophene rings is 1. The first-order valence-corrected chi connectivity index (χ1v) is 7.15. The first kappa shape index (κ1) is 13.7. The van der Waals surface area contributed by atoms with Gasteiger partial charge in [-0.05, 0) is 25.3 Å². The summed E-state index contributed by atoms with van der Waals surface area (Å²) in [7, 11) is 0. The van der Waals surface area contributed by atoms with Gasteiger partial charge in [0.2, 0.25) is 17.6 Å². The van der Waals surface area contributed by atoms with E-state index in [2.05, 4.69) is 10.1 Å². The highest BCUT2D eigenvalue weighted by Crippen LogP contribution is 2.21. The zero-order valence-electron chi connectivity index (χ0n) is 11.3. The molecule has 102 valence electrons. The third kappa shape index (κ3) is 3.20. The van der Waals surface area contributed by atoms with Crippen molar-refractivity contribution in [3.63, 3.8) is 0 Å². The van der Waals surface area contributed by atoms with Crippen LogP contribution in [0, 0.1) is 0 Å². The summed E-state index contributed by atoms with van der Waals surface area (Å²) in [6, 6.07) is 4.00. The minimum atomic E-state index is 0.0888. The van der Waals surface area contributed by atoms with Crippen LogP contribution in [0.4, 0.5) is 0 Å². The third-order valence-corrected chi connectivity index (χ3v) is 3.63. The first-order chi connectivity index (χ1) is 9.11. The summed E-state index contributed by atoms with van der Waals surface area (Å²) in [6.45, 7) is 6.17. The Morgan fingerprint density at radius 1 is 1.53 bits per heavy atom. The molecule has 2 rings (SSSR count). The van der Waals surface area contributed by atoms with Crippen LogP contribution in [0.25, 0.3) is 10.7 Å². The lowest BCUT2D eigenvalue weighted by molar-refractivity contribution is -0.133. The Morgan fingerprint density at radius 2 is 2.32 bits per heavy atom. The maximum absolute atomic E-state index is 11.8. The second-order valence-corrected chi connectivity index (χ2v) is 5.41. The molecule has 0 aromatic carbocycles. The van der Waals surface area contributed by atoms with Crippen LogP contribution in [0.1, 0.15) is 33.1 Å². The lowest BCUT2D eigenvalue weighted by Gasteiger charge is -2.24. The molecule has 0 saturated heterocycles. The number of aromatic nitrogens is 2. The summed E-state index contributed by atoms with van der Waals surface area (Å²) < 4.78 is 5.22. The van der Waals surface area contributed by atoms with E-state index in [1.165, 1.54) is 0 Å². The van der Waals surface area contributed by atoms with Crippen LogP contribution in [-0.2, 0) is 11.3 Å². The van der Waals surface area contributed by atoms with Crippen LogP contribution in [0.3, 0.4) is 0 Å². The molecule has 0 fully saturated rings. The van der Waals surface area contributed by atoms with Crippen LogP contribution in [0.15, 0.2) is 22.0 Å². The minimum absolute atomic E-state index is 0.0888. The maximum Gasteiger partial charge on any atom is 0.246 e. The number of hydrogen-bond acceptors (Lipinski definition) is 5. The van der Waals surface area contributed by atoms with Gasteiger partial charge in [0, 0.05) is 12.5 Å². The molecule has 0 unspecified atom stereocenters. The number of rotatable bonds is 5. The van der Waals surface area contributed by atoms with E-state index in [0.29, 0.717) is 24.7 Å². The summed E-state index contributed by atoms with van der Waals surface area (Å²) >= 11 is 1.56. The molecule has 0 aliphatic heterocycles. The highest BCUT2D eigenvalue weighted by Gasteiger charge is 2.19. The van der Waals surface area contributed by atoms with Gasteiger partial charge in [0.05, 0.1) is 4.88 Å². The van der Waals surface area contributed by atoms with E-state index in [4.69, 9.17) is 4.52 Å². The summed E-state index contributed by atoms with van der Waals surface area (Å²) in [5.74, 6) is 1.14. The molecular weight excluding hydrogens is 262 g/mol. The Morgan fingerprint density at radius 3 is 2.89 bits per heavy atom.